The minimum absolute atomic E-state index is 0.0195. The van der Waals surface area contributed by atoms with E-state index in [-0.39, 0.29) is 56.1 Å². The first kappa shape index (κ1) is 44.8. The summed E-state index contributed by atoms with van der Waals surface area (Å²) in [6, 6.07) is 22.3. The molecule has 0 aliphatic heterocycles. The summed E-state index contributed by atoms with van der Waals surface area (Å²) in [6.45, 7) is -0.269. The molecule has 6 N–H and O–H groups in total. The maximum Gasteiger partial charge on any atom is 0.317 e. The molecule has 4 rings (SSSR count). The van der Waals surface area contributed by atoms with E-state index in [2.05, 4.69) is 26.6 Å². The highest BCUT2D eigenvalue weighted by Gasteiger charge is 2.20. The summed E-state index contributed by atoms with van der Waals surface area (Å²) in [6.07, 6.45) is 0. The maximum absolute atomic E-state index is 13.3. The highest BCUT2D eigenvalue weighted by atomic mass is 79.9. The molecular formula is C40H45BrN6O11. The highest BCUT2D eigenvalue weighted by Crippen LogP contribution is 2.24. The number of amides is 2. The normalized spacial score (nSPS) is 11.3. The van der Waals surface area contributed by atoms with Crippen molar-refractivity contribution in [2.75, 3.05) is 69.5 Å². The summed E-state index contributed by atoms with van der Waals surface area (Å²) < 4.78 is 1.60. The van der Waals surface area contributed by atoms with Gasteiger partial charge in [-0.25, -0.2) is 0 Å². The number of aryl methyl sites for hydroxylation is 1. The molecule has 1 aromatic heterocycles. The van der Waals surface area contributed by atoms with Crippen molar-refractivity contribution >= 4 is 68.2 Å². The van der Waals surface area contributed by atoms with Gasteiger partial charge in [0.1, 0.15) is 0 Å². The second-order valence-corrected chi connectivity index (χ2v) is 14.2. The Morgan fingerprint density at radius 1 is 0.621 bits per heavy atom. The molecule has 0 aliphatic rings. The van der Waals surface area contributed by atoms with Crippen LogP contribution in [0.1, 0.15) is 16.7 Å². The number of pyridine rings is 1. The van der Waals surface area contributed by atoms with Crippen molar-refractivity contribution in [3.8, 4) is 11.1 Å². The molecule has 0 aliphatic carbocycles. The fourth-order valence-electron chi connectivity index (χ4n) is 6.27. The first-order valence-corrected chi connectivity index (χ1v) is 19.2. The minimum atomic E-state index is -1.25. The van der Waals surface area contributed by atoms with Crippen LogP contribution in [0.5, 0.6) is 0 Å². The van der Waals surface area contributed by atoms with Crippen LogP contribution < -0.4 is 16.2 Å². The standard InChI is InChI=1S/C40H45BrN6O11/c1-26-16-36(50)47(20-28-4-8-30(9-5-28)29-6-2-27(3-7-29)19-42-34(48)18-41)33-17-31(10-11-32(26)33)43-35(49)21-45(23-38(53)54)14-12-44(22-37(51)52)13-15-46(24-39(55)56)25-40(57)58/h2-11,16-17H,12-15,18-25H2,1H3,(H,42,48)(H,43,49)(H,51,52)(H,53,54)(H,55,56)(H,57,58). The van der Waals surface area contributed by atoms with Gasteiger partial charge in [0.15, 0.2) is 0 Å². The molecule has 3 aromatic carbocycles. The number of anilines is 1. The predicted molar refractivity (Wildman–Crippen MR) is 218 cm³/mol. The van der Waals surface area contributed by atoms with Gasteiger partial charge in [0, 0.05) is 49.9 Å². The zero-order valence-electron chi connectivity index (χ0n) is 31.7. The van der Waals surface area contributed by atoms with Gasteiger partial charge < -0.3 is 35.6 Å². The lowest BCUT2D eigenvalue weighted by molar-refractivity contribution is -0.143. The topological polar surface area (TPSA) is 239 Å². The van der Waals surface area contributed by atoms with Crippen LogP contribution in [0.3, 0.4) is 0 Å². The number of carboxylic acids is 4. The van der Waals surface area contributed by atoms with Gasteiger partial charge in [-0.3, -0.25) is 48.3 Å². The van der Waals surface area contributed by atoms with Crippen molar-refractivity contribution in [3.63, 3.8) is 0 Å². The van der Waals surface area contributed by atoms with Crippen LogP contribution >= 0.6 is 15.9 Å². The summed E-state index contributed by atoms with van der Waals surface area (Å²) in [5, 5.41) is 43.8. The Bertz CT molecular complexity index is 2160. The number of benzene rings is 3. The molecule has 2 amide bonds. The second kappa shape index (κ2) is 21.5. The second-order valence-electron chi connectivity index (χ2n) is 13.6. The van der Waals surface area contributed by atoms with E-state index in [0.717, 1.165) is 38.1 Å². The van der Waals surface area contributed by atoms with Crippen LogP contribution in [0.25, 0.3) is 22.0 Å². The molecule has 0 saturated carbocycles. The third kappa shape index (κ3) is 14.2. The van der Waals surface area contributed by atoms with E-state index in [1.807, 2.05) is 55.5 Å². The number of carboxylic acid groups (broad SMARTS) is 4. The van der Waals surface area contributed by atoms with E-state index in [1.54, 1.807) is 28.8 Å². The van der Waals surface area contributed by atoms with Crippen LogP contribution in [0.2, 0.25) is 0 Å². The zero-order chi connectivity index (χ0) is 42.4. The molecule has 4 aromatic rings. The van der Waals surface area contributed by atoms with Gasteiger partial charge in [0.25, 0.3) is 5.56 Å². The first-order valence-electron chi connectivity index (χ1n) is 18.1. The average molecular weight is 866 g/mol. The molecule has 0 bridgehead atoms. The van der Waals surface area contributed by atoms with Gasteiger partial charge in [-0.2, -0.15) is 0 Å². The van der Waals surface area contributed by atoms with Crippen molar-refractivity contribution < 1.29 is 49.2 Å². The Balaban J connectivity index is 1.45. The van der Waals surface area contributed by atoms with Crippen LogP contribution in [0, 0.1) is 6.92 Å². The molecule has 0 saturated heterocycles. The zero-order valence-corrected chi connectivity index (χ0v) is 33.3. The molecule has 58 heavy (non-hydrogen) atoms. The average Bonchev–Trinajstić information content (AvgIpc) is 3.15. The van der Waals surface area contributed by atoms with Crippen LogP contribution in [-0.2, 0) is 41.9 Å². The van der Waals surface area contributed by atoms with E-state index in [1.165, 1.54) is 9.80 Å². The number of fused-ring (bicyclic) bond motifs is 1. The molecule has 0 radical (unpaired) electrons. The quantitative estimate of drug-likeness (QED) is 0.0587. The number of aliphatic carboxylic acids is 4. The number of rotatable bonds is 23. The number of hydrogen-bond acceptors (Lipinski definition) is 10. The van der Waals surface area contributed by atoms with E-state index < -0.39 is 56.0 Å². The Morgan fingerprint density at radius 2 is 1.10 bits per heavy atom. The summed E-state index contributed by atoms with van der Waals surface area (Å²) in [4.78, 5) is 87.6. The lowest BCUT2D eigenvalue weighted by Crippen LogP contribution is -2.46. The lowest BCUT2D eigenvalue weighted by Gasteiger charge is -2.27. The van der Waals surface area contributed by atoms with Crippen LogP contribution in [0.4, 0.5) is 5.69 Å². The van der Waals surface area contributed by atoms with Crippen molar-refractivity contribution in [1.82, 2.24) is 24.6 Å². The van der Waals surface area contributed by atoms with Gasteiger partial charge in [-0.15, -0.1) is 0 Å². The fourth-order valence-corrected chi connectivity index (χ4v) is 6.47. The molecule has 308 valence electrons. The third-order valence-corrected chi connectivity index (χ3v) is 9.57. The molecule has 0 spiro atoms. The summed E-state index contributed by atoms with van der Waals surface area (Å²) >= 11 is 3.13. The summed E-state index contributed by atoms with van der Waals surface area (Å²) in [5.74, 6) is -5.60. The van der Waals surface area contributed by atoms with E-state index >= 15 is 0 Å². The van der Waals surface area contributed by atoms with Gasteiger partial charge >= 0.3 is 23.9 Å². The van der Waals surface area contributed by atoms with Crippen molar-refractivity contribution in [2.45, 2.75) is 20.0 Å². The Labute approximate surface area is 341 Å². The molecular weight excluding hydrogens is 820 g/mol. The maximum atomic E-state index is 13.3. The fraction of sp³-hybridized carbons (Fsp3) is 0.325. The summed E-state index contributed by atoms with van der Waals surface area (Å²) in [7, 11) is 0. The molecule has 0 unspecified atom stereocenters. The molecule has 1 heterocycles. The van der Waals surface area contributed by atoms with Gasteiger partial charge in [-0.1, -0.05) is 70.5 Å². The van der Waals surface area contributed by atoms with E-state index in [4.69, 9.17) is 10.2 Å². The number of nitrogens with one attached hydrogen (secondary N) is 2. The van der Waals surface area contributed by atoms with Crippen molar-refractivity contribution in [1.29, 1.82) is 0 Å². The molecule has 17 nitrogen and oxygen atoms in total. The number of carbonyl (C=O) groups is 6. The van der Waals surface area contributed by atoms with Gasteiger partial charge in [0.05, 0.1) is 50.1 Å². The van der Waals surface area contributed by atoms with Crippen molar-refractivity contribution in [2.24, 2.45) is 0 Å². The molecule has 0 atom stereocenters. The Morgan fingerprint density at radius 3 is 1.62 bits per heavy atom. The number of halogens is 1. The van der Waals surface area contributed by atoms with Crippen LogP contribution in [-0.4, -0.2) is 140 Å². The largest absolute Gasteiger partial charge is 0.480 e. The molecule has 18 heteroatoms. The van der Waals surface area contributed by atoms with Gasteiger partial charge in [0.2, 0.25) is 11.8 Å². The highest BCUT2D eigenvalue weighted by molar-refractivity contribution is 9.09. The number of carbonyl (C=O) groups excluding carboxylic acids is 2. The van der Waals surface area contributed by atoms with Crippen LogP contribution in [0.15, 0.2) is 77.6 Å². The monoisotopic (exact) mass is 864 g/mol. The number of hydrogen-bond donors (Lipinski definition) is 6. The Kier molecular flexibility index (Phi) is 16.6. The minimum Gasteiger partial charge on any atom is -0.480 e. The number of aromatic nitrogens is 1. The SMILES string of the molecule is Cc1cc(=O)n(Cc2ccc(-c3ccc(CNC(=O)CBr)cc3)cc2)c2cc(NC(=O)CN(CCN(CCN(CC(=O)O)CC(=O)O)CC(=O)O)CC(=O)O)ccc12. The first-order chi connectivity index (χ1) is 27.6. The predicted octanol–water partition coefficient (Wildman–Crippen LogP) is 2.22. The lowest BCUT2D eigenvalue weighted by atomic mass is 10.0. The molecule has 0 fully saturated rings. The van der Waals surface area contributed by atoms with E-state index in [0.29, 0.717) is 17.7 Å². The Hall–Kier alpha value is -5.95. The van der Waals surface area contributed by atoms with E-state index in [9.17, 15) is 43.8 Å². The third-order valence-electron chi connectivity index (χ3n) is 9.06. The number of alkyl halides is 1. The smallest absolute Gasteiger partial charge is 0.317 e. The number of nitrogens with zero attached hydrogens (tertiary/aromatic N) is 4. The van der Waals surface area contributed by atoms with Gasteiger partial charge in [-0.05, 0) is 46.9 Å². The van der Waals surface area contributed by atoms with Crippen molar-refractivity contribution in [3.05, 3.63) is 99.8 Å². The summed E-state index contributed by atoms with van der Waals surface area (Å²) in [5.41, 5.74) is 5.21.